The normalized spacial score (nSPS) is 19.7. The van der Waals surface area contributed by atoms with E-state index in [9.17, 15) is 5.11 Å². The molecule has 2 aromatic heterocycles. The van der Waals surface area contributed by atoms with Crippen molar-refractivity contribution in [3.8, 4) is 0 Å². The minimum Gasteiger partial charge on any atom is -0.394 e. The van der Waals surface area contributed by atoms with Gasteiger partial charge in [-0.1, -0.05) is 0 Å². The molecule has 1 aliphatic heterocycles. The Morgan fingerprint density at radius 3 is 3.22 bits per heavy atom. The van der Waals surface area contributed by atoms with Gasteiger partial charge in [-0.3, -0.25) is 0 Å². The largest absolute Gasteiger partial charge is 0.394 e. The van der Waals surface area contributed by atoms with Gasteiger partial charge in [-0.15, -0.1) is 11.3 Å². The van der Waals surface area contributed by atoms with Crippen LogP contribution < -0.4 is 10.2 Å². The van der Waals surface area contributed by atoms with E-state index in [1.807, 2.05) is 12.4 Å². The highest BCUT2D eigenvalue weighted by Gasteiger charge is 2.27. The molecule has 1 aliphatic rings. The predicted molar refractivity (Wildman–Crippen MR) is 74.4 cm³/mol. The average molecular weight is 264 g/mol. The van der Waals surface area contributed by atoms with Crippen LogP contribution in [-0.4, -0.2) is 41.3 Å². The Hall–Kier alpha value is -1.40. The quantitative estimate of drug-likeness (QED) is 0.883. The number of nitrogens with one attached hydrogen (secondary N) is 1. The van der Waals surface area contributed by atoms with Gasteiger partial charge >= 0.3 is 0 Å². The van der Waals surface area contributed by atoms with Crippen LogP contribution in [-0.2, 0) is 0 Å². The van der Waals surface area contributed by atoms with E-state index in [0.29, 0.717) is 5.95 Å². The monoisotopic (exact) mass is 264 g/mol. The van der Waals surface area contributed by atoms with E-state index >= 15 is 0 Å². The molecule has 1 unspecified atom stereocenters. The van der Waals surface area contributed by atoms with Gasteiger partial charge in [0.15, 0.2) is 0 Å². The number of thiophene rings is 1. The molecule has 0 aliphatic carbocycles. The third-order valence-electron chi connectivity index (χ3n) is 3.39. The van der Waals surface area contributed by atoms with Crippen molar-refractivity contribution in [1.29, 1.82) is 0 Å². The summed E-state index contributed by atoms with van der Waals surface area (Å²) in [4.78, 5) is 12.2. The van der Waals surface area contributed by atoms with Gasteiger partial charge in [0.25, 0.3) is 0 Å². The number of hydrogen-bond donors (Lipinski definition) is 2. The Labute approximate surface area is 109 Å². The number of anilines is 2. The molecule has 0 radical (unpaired) electrons. The van der Waals surface area contributed by atoms with E-state index < -0.39 is 0 Å². The number of nitrogens with zero attached hydrogens (tertiary/aromatic N) is 3. The van der Waals surface area contributed by atoms with Crippen molar-refractivity contribution in [3.63, 3.8) is 0 Å². The molecule has 6 heteroatoms. The summed E-state index contributed by atoms with van der Waals surface area (Å²) in [5.74, 6) is 1.59. The van der Waals surface area contributed by atoms with E-state index in [-0.39, 0.29) is 12.6 Å². The van der Waals surface area contributed by atoms with E-state index in [2.05, 4.69) is 26.3 Å². The summed E-state index contributed by atoms with van der Waals surface area (Å²) in [6.45, 7) is 1.14. The number of aliphatic hydroxyl groups excluding tert-OH is 1. The number of aromatic nitrogens is 2. The molecule has 1 fully saturated rings. The molecule has 1 atom stereocenters. The fourth-order valence-corrected chi connectivity index (χ4v) is 3.23. The number of aliphatic hydroxyl groups is 1. The van der Waals surface area contributed by atoms with Crippen LogP contribution in [0.15, 0.2) is 11.4 Å². The molecule has 5 nitrogen and oxygen atoms in total. The molecule has 0 spiro atoms. The third-order valence-corrected chi connectivity index (χ3v) is 4.20. The molecule has 18 heavy (non-hydrogen) atoms. The molecule has 3 rings (SSSR count). The first kappa shape index (κ1) is 11.7. The molecule has 2 N–H and O–H groups in total. The lowest BCUT2D eigenvalue weighted by Crippen LogP contribution is -2.33. The molecule has 96 valence electrons. The molecule has 0 aromatic carbocycles. The van der Waals surface area contributed by atoms with Crippen LogP contribution in [0.5, 0.6) is 0 Å². The topological polar surface area (TPSA) is 61.3 Å². The van der Waals surface area contributed by atoms with Gasteiger partial charge in [0.2, 0.25) is 5.95 Å². The zero-order chi connectivity index (χ0) is 12.5. The van der Waals surface area contributed by atoms with Crippen molar-refractivity contribution in [2.24, 2.45) is 0 Å². The smallest absolute Gasteiger partial charge is 0.225 e. The fraction of sp³-hybridized carbons (Fsp3) is 0.500. The summed E-state index contributed by atoms with van der Waals surface area (Å²) in [6.07, 6.45) is 2.14. The predicted octanol–water partition coefficient (Wildman–Crippen LogP) is 1.69. The van der Waals surface area contributed by atoms with Crippen LogP contribution in [0.1, 0.15) is 12.8 Å². The van der Waals surface area contributed by atoms with Crippen LogP contribution >= 0.6 is 11.3 Å². The summed E-state index contributed by atoms with van der Waals surface area (Å²) in [6, 6.07) is 2.24. The summed E-state index contributed by atoms with van der Waals surface area (Å²) in [5, 5.41) is 15.6. The Bertz CT molecular complexity index is 556. The van der Waals surface area contributed by atoms with Crippen molar-refractivity contribution in [2.45, 2.75) is 18.9 Å². The highest BCUT2D eigenvalue weighted by Crippen LogP contribution is 2.33. The van der Waals surface area contributed by atoms with Gasteiger partial charge in [0, 0.05) is 13.6 Å². The second-order valence-electron chi connectivity index (χ2n) is 4.43. The second kappa shape index (κ2) is 4.70. The van der Waals surface area contributed by atoms with Gasteiger partial charge in [-0.25, -0.2) is 4.98 Å². The molecule has 0 saturated carbocycles. The molecule has 0 amide bonds. The van der Waals surface area contributed by atoms with Gasteiger partial charge in [0.05, 0.1) is 18.0 Å². The minimum atomic E-state index is 0.185. The van der Waals surface area contributed by atoms with E-state index in [1.54, 1.807) is 11.3 Å². The number of fused-ring (bicyclic) bond motifs is 1. The second-order valence-corrected chi connectivity index (χ2v) is 5.33. The van der Waals surface area contributed by atoms with E-state index in [4.69, 9.17) is 0 Å². The van der Waals surface area contributed by atoms with Crippen molar-refractivity contribution in [2.75, 3.05) is 30.4 Å². The van der Waals surface area contributed by atoms with Gasteiger partial charge in [-0.05, 0) is 24.3 Å². The highest BCUT2D eigenvalue weighted by atomic mass is 32.1. The molecule has 3 heterocycles. The summed E-state index contributed by atoms with van der Waals surface area (Å²) in [7, 11) is 1.83. The lowest BCUT2D eigenvalue weighted by molar-refractivity contribution is 0.266. The van der Waals surface area contributed by atoms with Crippen molar-refractivity contribution in [3.05, 3.63) is 11.4 Å². The zero-order valence-corrected chi connectivity index (χ0v) is 11.1. The van der Waals surface area contributed by atoms with Crippen LogP contribution in [0.2, 0.25) is 0 Å². The van der Waals surface area contributed by atoms with Gasteiger partial charge in [-0.2, -0.15) is 4.98 Å². The van der Waals surface area contributed by atoms with Crippen molar-refractivity contribution >= 4 is 33.3 Å². The molecular formula is C12H16N4OS. The Morgan fingerprint density at radius 1 is 1.56 bits per heavy atom. The maximum Gasteiger partial charge on any atom is 0.225 e. The molecule has 2 aromatic rings. The summed E-state index contributed by atoms with van der Waals surface area (Å²) < 4.78 is 0. The van der Waals surface area contributed by atoms with Crippen LogP contribution in [0.3, 0.4) is 0 Å². The summed E-state index contributed by atoms with van der Waals surface area (Å²) in [5.41, 5.74) is 0. The van der Waals surface area contributed by atoms with Crippen LogP contribution in [0.4, 0.5) is 11.8 Å². The Kier molecular flexibility index (Phi) is 3.05. The van der Waals surface area contributed by atoms with Crippen molar-refractivity contribution < 1.29 is 5.11 Å². The third kappa shape index (κ3) is 1.81. The average Bonchev–Trinajstić information content (AvgIpc) is 3.05. The minimum absolute atomic E-state index is 0.185. The SMILES string of the molecule is CNc1nc(N2CCCC2CO)c2ccsc2n1. The van der Waals surface area contributed by atoms with Crippen LogP contribution in [0.25, 0.3) is 10.2 Å². The van der Waals surface area contributed by atoms with Crippen molar-refractivity contribution in [1.82, 2.24) is 9.97 Å². The summed E-state index contributed by atoms with van der Waals surface area (Å²) >= 11 is 1.62. The molecule has 1 saturated heterocycles. The lowest BCUT2D eigenvalue weighted by Gasteiger charge is -2.25. The number of rotatable bonds is 3. The first-order chi connectivity index (χ1) is 8.83. The standard InChI is InChI=1S/C12H16N4OS/c1-13-12-14-10(9-4-6-18-11(9)15-12)16-5-2-3-8(16)7-17/h4,6,8,17H,2-3,5,7H2,1H3,(H,13,14,15). The maximum atomic E-state index is 9.45. The van der Waals surface area contributed by atoms with E-state index in [0.717, 1.165) is 35.4 Å². The number of hydrogen-bond acceptors (Lipinski definition) is 6. The van der Waals surface area contributed by atoms with Crippen LogP contribution in [0, 0.1) is 0 Å². The lowest BCUT2D eigenvalue weighted by atomic mass is 10.2. The fourth-order valence-electron chi connectivity index (χ4n) is 2.47. The molecular weight excluding hydrogens is 248 g/mol. The Balaban J connectivity index is 2.11. The first-order valence-electron chi connectivity index (χ1n) is 6.14. The Morgan fingerprint density at radius 2 is 2.44 bits per heavy atom. The maximum absolute atomic E-state index is 9.45. The van der Waals surface area contributed by atoms with Gasteiger partial charge < -0.3 is 15.3 Å². The van der Waals surface area contributed by atoms with E-state index in [1.165, 1.54) is 0 Å². The van der Waals surface area contributed by atoms with Gasteiger partial charge in [0.1, 0.15) is 10.6 Å². The zero-order valence-electron chi connectivity index (χ0n) is 10.3. The highest BCUT2D eigenvalue weighted by molar-refractivity contribution is 7.16. The molecule has 0 bridgehead atoms. The first-order valence-corrected chi connectivity index (χ1v) is 7.02.